The van der Waals surface area contributed by atoms with Crippen LogP contribution in [0.2, 0.25) is 0 Å². The van der Waals surface area contributed by atoms with E-state index in [2.05, 4.69) is 4.42 Å². The summed E-state index contributed by atoms with van der Waals surface area (Å²) in [6, 6.07) is -0.631. The molecule has 0 fully saturated rings. The fourth-order valence-corrected chi connectivity index (χ4v) is 1.11. The van der Waals surface area contributed by atoms with Gasteiger partial charge in [-0.1, -0.05) is 13.3 Å². The molecule has 0 N–H and O–H groups in total. The number of nitrogens with zero attached hydrogens (tertiary/aromatic N) is 1. The van der Waals surface area contributed by atoms with Crippen molar-refractivity contribution in [3.8, 4) is 0 Å². The number of hydrogen-bond acceptors (Lipinski definition) is 4. The molecule has 0 saturated carbocycles. The Kier molecular flexibility index (Phi) is 4.15. The molecule has 1 rings (SSSR count). The lowest BCUT2D eigenvalue weighted by atomic mass is 10.3. The third kappa shape index (κ3) is 2.97. The highest BCUT2D eigenvalue weighted by Gasteiger charge is 2.18. The highest BCUT2D eigenvalue weighted by Crippen LogP contribution is 2.05. The maximum absolute atomic E-state index is 11.4. The lowest BCUT2D eigenvalue weighted by Gasteiger charge is -2.10. The number of esters is 1. The molecule has 0 amide bonds. The number of oxazole rings is 1. The molecule has 0 spiro atoms. The fraction of sp³-hybridized carbons (Fsp3) is 0.600. The molecule has 84 valence electrons. The Morgan fingerprint density at radius 2 is 2.40 bits per heavy atom. The van der Waals surface area contributed by atoms with Crippen molar-refractivity contribution in [2.45, 2.75) is 32.7 Å². The minimum atomic E-state index is -0.631. The molecular formula is C10H15NO4. The Morgan fingerprint density at radius 1 is 1.67 bits per heavy atom. The largest absolute Gasteiger partial charge is 0.464 e. The first-order chi connectivity index (χ1) is 7.16. The summed E-state index contributed by atoms with van der Waals surface area (Å²) in [6.45, 7) is 4.01. The highest BCUT2D eigenvalue weighted by atomic mass is 16.5. The fourth-order valence-electron chi connectivity index (χ4n) is 1.11. The smallest absolute Gasteiger partial charge is 0.419 e. The Balaban J connectivity index is 2.54. The van der Waals surface area contributed by atoms with Crippen LogP contribution in [-0.4, -0.2) is 17.1 Å². The minimum absolute atomic E-state index is 0.395. The van der Waals surface area contributed by atoms with Gasteiger partial charge in [0.05, 0.1) is 6.61 Å². The van der Waals surface area contributed by atoms with Gasteiger partial charge in [0.2, 0.25) is 0 Å². The Morgan fingerprint density at radius 3 is 2.93 bits per heavy atom. The lowest BCUT2D eigenvalue weighted by Crippen LogP contribution is -2.26. The molecule has 15 heavy (non-hydrogen) atoms. The van der Waals surface area contributed by atoms with Crippen LogP contribution >= 0.6 is 0 Å². The van der Waals surface area contributed by atoms with Crippen LogP contribution in [0.5, 0.6) is 0 Å². The van der Waals surface area contributed by atoms with E-state index in [0.717, 1.165) is 12.8 Å². The van der Waals surface area contributed by atoms with Crippen LogP contribution < -0.4 is 5.76 Å². The molecule has 1 atom stereocenters. The topological polar surface area (TPSA) is 61.4 Å². The molecule has 1 aromatic rings. The second-order valence-corrected chi connectivity index (χ2v) is 3.27. The van der Waals surface area contributed by atoms with Crippen molar-refractivity contribution in [1.29, 1.82) is 0 Å². The van der Waals surface area contributed by atoms with Crippen molar-refractivity contribution in [2.75, 3.05) is 6.61 Å². The van der Waals surface area contributed by atoms with Crippen LogP contribution in [0.3, 0.4) is 0 Å². The Labute approximate surface area is 87.6 Å². The molecular weight excluding hydrogens is 198 g/mol. The molecule has 0 bridgehead atoms. The summed E-state index contributed by atoms with van der Waals surface area (Å²) in [4.78, 5) is 22.5. The molecule has 0 aliphatic carbocycles. The molecule has 0 aromatic carbocycles. The van der Waals surface area contributed by atoms with Crippen LogP contribution in [0.15, 0.2) is 21.7 Å². The zero-order valence-electron chi connectivity index (χ0n) is 8.93. The number of aromatic nitrogens is 1. The van der Waals surface area contributed by atoms with Crippen molar-refractivity contribution in [2.24, 2.45) is 0 Å². The molecule has 0 radical (unpaired) electrons. The van der Waals surface area contributed by atoms with Crippen molar-refractivity contribution in [1.82, 2.24) is 4.57 Å². The van der Waals surface area contributed by atoms with Gasteiger partial charge in [-0.25, -0.2) is 9.59 Å². The van der Waals surface area contributed by atoms with Crippen LogP contribution in [0.4, 0.5) is 0 Å². The average molecular weight is 213 g/mol. The first-order valence-corrected chi connectivity index (χ1v) is 4.99. The first-order valence-electron chi connectivity index (χ1n) is 4.99. The predicted octanol–water partition coefficient (Wildman–Crippen LogP) is 1.35. The number of ether oxygens (including phenoxy) is 1. The molecule has 0 unspecified atom stereocenters. The first kappa shape index (κ1) is 11.6. The monoisotopic (exact) mass is 213 g/mol. The van der Waals surface area contributed by atoms with E-state index in [1.165, 1.54) is 17.0 Å². The van der Waals surface area contributed by atoms with Crippen molar-refractivity contribution in [3.05, 3.63) is 23.0 Å². The van der Waals surface area contributed by atoms with Gasteiger partial charge in [0.1, 0.15) is 12.3 Å². The molecule has 0 saturated heterocycles. The minimum Gasteiger partial charge on any atom is -0.464 e. The maximum atomic E-state index is 11.4. The molecule has 1 heterocycles. The average Bonchev–Trinajstić information content (AvgIpc) is 2.63. The predicted molar refractivity (Wildman–Crippen MR) is 53.5 cm³/mol. The Hall–Kier alpha value is -1.52. The summed E-state index contributed by atoms with van der Waals surface area (Å²) in [5, 5.41) is 0. The van der Waals surface area contributed by atoms with Gasteiger partial charge < -0.3 is 9.15 Å². The number of carbonyl (C=O) groups is 1. The van der Waals surface area contributed by atoms with E-state index in [9.17, 15) is 9.59 Å². The second kappa shape index (κ2) is 5.38. The molecule has 5 nitrogen and oxygen atoms in total. The van der Waals surface area contributed by atoms with E-state index >= 15 is 0 Å². The maximum Gasteiger partial charge on any atom is 0.419 e. The van der Waals surface area contributed by atoms with Gasteiger partial charge in [-0.15, -0.1) is 0 Å². The van der Waals surface area contributed by atoms with E-state index in [-0.39, 0.29) is 0 Å². The van der Waals surface area contributed by atoms with Gasteiger partial charge in [-0.3, -0.25) is 4.57 Å². The number of carbonyl (C=O) groups excluding carboxylic acids is 1. The van der Waals surface area contributed by atoms with Crippen molar-refractivity contribution >= 4 is 5.97 Å². The van der Waals surface area contributed by atoms with Gasteiger partial charge in [0.25, 0.3) is 0 Å². The van der Waals surface area contributed by atoms with Crippen molar-refractivity contribution < 1.29 is 13.9 Å². The van der Waals surface area contributed by atoms with E-state index in [4.69, 9.17) is 4.74 Å². The van der Waals surface area contributed by atoms with E-state index < -0.39 is 17.8 Å². The second-order valence-electron chi connectivity index (χ2n) is 3.27. The zero-order chi connectivity index (χ0) is 11.3. The molecule has 0 aliphatic rings. The van der Waals surface area contributed by atoms with Gasteiger partial charge in [-0.05, 0) is 13.3 Å². The summed E-state index contributed by atoms with van der Waals surface area (Å²) in [5.41, 5.74) is 0. The summed E-state index contributed by atoms with van der Waals surface area (Å²) in [6.07, 6.45) is 4.47. The van der Waals surface area contributed by atoms with Crippen LogP contribution in [-0.2, 0) is 9.53 Å². The van der Waals surface area contributed by atoms with E-state index in [1.807, 2.05) is 6.92 Å². The van der Waals surface area contributed by atoms with Gasteiger partial charge in [0.15, 0.2) is 0 Å². The molecule has 5 heteroatoms. The number of hydrogen-bond donors (Lipinski definition) is 0. The lowest BCUT2D eigenvalue weighted by molar-refractivity contribution is -0.147. The third-order valence-electron chi connectivity index (χ3n) is 2.10. The molecule has 0 aliphatic heterocycles. The normalized spacial score (nSPS) is 12.4. The number of unbranched alkanes of at least 4 members (excludes halogenated alkanes) is 1. The standard InChI is InChI=1S/C10H15NO4/c1-3-4-6-14-9(12)8(2)11-5-7-15-10(11)13/h5,7-8H,3-4,6H2,1-2H3/t8-/m1/s1. The van der Waals surface area contributed by atoms with Crippen molar-refractivity contribution in [3.63, 3.8) is 0 Å². The quantitative estimate of drug-likeness (QED) is 0.547. The van der Waals surface area contributed by atoms with Crippen LogP contribution in [0.25, 0.3) is 0 Å². The Bertz CT molecular complexity index is 365. The third-order valence-corrected chi connectivity index (χ3v) is 2.10. The van der Waals surface area contributed by atoms with E-state index in [0.29, 0.717) is 6.61 Å². The number of rotatable bonds is 5. The van der Waals surface area contributed by atoms with Gasteiger partial charge in [-0.2, -0.15) is 0 Å². The summed E-state index contributed by atoms with van der Waals surface area (Å²) in [7, 11) is 0. The van der Waals surface area contributed by atoms with Crippen LogP contribution in [0.1, 0.15) is 32.7 Å². The summed E-state index contributed by atoms with van der Waals surface area (Å²) >= 11 is 0. The molecule has 1 aromatic heterocycles. The van der Waals surface area contributed by atoms with Gasteiger partial charge >= 0.3 is 11.7 Å². The van der Waals surface area contributed by atoms with E-state index in [1.54, 1.807) is 6.92 Å². The van der Waals surface area contributed by atoms with Crippen LogP contribution in [0, 0.1) is 0 Å². The SMILES string of the molecule is CCCCOC(=O)[C@@H](C)n1ccoc1=O. The van der Waals surface area contributed by atoms with Gasteiger partial charge in [0, 0.05) is 6.20 Å². The summed E-state index contributed by atoms with van der Waals surface area (Å²) in [5.74, 6) is -0.957. The zero-order valence-corrected chi connectivity index (χ0v) is 8.93. The highest BCUT2D eigenvalue weighted by molar-refractivity contribution is 5.73. The summed E-state index contributed by atoms with van der Waals surface area (Å²) < 4.78 is 10.7.